The second-order valence-corrected chi connectivity index (χ2v) is 13.5. The molecule has 8 aromatic carbocycles. The van der Waals surface area contributed by atoms with Gasteiger partial charge in [0.05, 0.1) is 29.5 Å². The van der Waals surface area contributed by atoms with E-state index in [1.807, 2.05) is 0 Å². The minimum atomic E-state index is -0.880. The van der Waals surface area contributed by atoms with E-state index >= 15 is 0 Å². The van der Waals surface area contributed by atoms with E-state index in [1.54, 1.807) is 84.9 Å². The third kappa shape index (κ3) is 9.82. The van der Waals surface area contributed by atoms with Crippen LogP contribution in [0.2, 0.25) is 0 Å². The summed E-state index contributed by atoms with van der Waals surface area (Å²) in [5.41, 5.74) is -5.58. The van der Waals surface area contributed by atoms with Crippen molar-refractivity contribution >= 4 is 100 Å². The first-order valence-corrected chi connectivity index (χ1v) is 18.8. The van der Waals surface area contributed by atoms with Gasteiger partial charge in [0, 0.05) is 36.4 Å². The number of fused-ring (bicyclic) bond motifs is 8. The van der Waals surface area contributed by atoms with Crippen molar-refractivity contribution in [1.29, 1.82) is 0 Å². The molecule has 22 heteroatoms. The van der Waals surface area contributed by atoms with Crippen molar-refractivity contribution in [3.63, 3.8) is 0 Å². The molecule has 22 nitrogen and oxygen atoms in total. The van der Waals surface area contributed by atoms with E-state index in [-0.39, 0.29) is 33.7 Å². The van der Waals surface area contributed by atoms with Gasteiger partial charge in [0.2, 0.25) is 22.3 Å². The SMILES string of the molecule is O=[N+]([O-])c1cc([N+](=O)[O-])c2cc1oc1cc3ccccc3cc1oc1cc(oc3cc4ccccc4cc3o2)c([N+](=O)[O-])cc1[N+](=O)[O-].O=[N+]([O-])c1ccccc1.O=[N+]([O-])c1ccccc1. The van der Waals surface area contributed by atoms with Crippen LogP contribution < -0.4 is 0 Å². The van der Waals surface area contributed by atoms with E-state index in [9.17, 15) is 60.7 Å². The van der Waals surface area contributed by atoms with Crippen molar-refractivity contribution < 1.29 is 47.2 Å². The van der Waals surface area contributed by atoms with E-state index in [1.165, 1.54) is 48.5 Å². The summed E-state index contributed by atoms with van der Waals surface area (Å²) in [5, 5.41) is 70.9. The molecule has 0 saturated heterocycles. The van der Waals surface area contributed by atoms with Gasteiger partial charge in [-0.15, -0.1) is 0 Å². The Morgan fingerprint density at radius 3 is 0.682 bits per heavy atom. The van der Waals surface area contributed by atoms with E-state index in [0.717, 1.165) is 12.1 Å². The molecule has 1 heterocycles. The Labute approximate surface area is 365 Å². The number of para-hydroxylation sites is 2. The van der Waals surface area contributed by atoms with Crippen molar-refractivity contribution in [1.82, 2.24) is 0 Å². The summed E-state index contributed by atoms with van der Waals surface area (Å²) in [6.45, 7) is 0. The highest BCUT2D eigenvalue weighted by Gasteiger charge is 2.25. The number of nitrogens with zero attached hydrogens (tertiary/aromatic N) is 6. The first-order valence-electron chi connectivity index (χ1n) is 18.8. The van der Waals surface area contributed by atoms with Gasteiger partial charge < -0.3 is 17.7 Å². The van der Waals surface area contributed by atoms with Crippen LogP contribution in [0.5, 0.6) is 0 Å². The lowest BCUT2D eigenvalue weighted by molar-refractivity contribution is -0.393. The third-order valence-corrected chi connectivity index (χ3v) is 9.31. The largest absolute Gasteiger partial charge is 0.446 e. The molecule has 1 aromatic heterocycles. The van der Waals surface area contributed by atoms with Gasteiger partial charge in [-0.2, -0.15) is 0 Å². The smallest absolute Gasteiger partial charge is 0.318 e. The highest BCUT2D eigenvalue weighted by Crippen LogP contribution is 2.36. The highest BCUT2D eigenvalue weighted by atomic mass is 16.6. The molecule has 0 amide bonds. The molecule has 0 radical (unpaired) electrons. The predicted molar refractivity (Wildman–Crippen MR) is 237 cm³/mol. The van der Waals surface area contributed by atoms with Gasteiger partial charge in [0.15, 0.2) is 22.3 Å². The molecule has 0 atom stereocenters. The molecule has 9 rings (SSSR count). The lowest BCUT2D eigenvalue weighted by atomic mass is 10.1. The molecule has 9 aromatic rings. The van der Waals surface area contributed by atoms with Crippen molar-refractivity contribution in [2.24, 2.45) is 0 Å². The van der Waals surface area contributed by atoms with Gasteiger partial charge in [-0.25, -0.2) is 0 Å². The van der Waals surface area contributed by atoms with Crippen molar-refractivity contribution in [2.75, 3.05) is 0 Å². The molecule has 0 N–H and O–H groups in total. The number of hydrogen-bond acceptors (Lipinski definition) is 16. The molecule has 328 valence electrons. The Bertz CT molecular complexity index is 3170. The van der Waals surface area contributed by atoms with Crippen LogP contribution in [-0.4, -0.2) is 29.5 Å². The lowest BCUT2D eigenvalue weighted by Gasteiger charge is -2.03. The fourth-order valence-corrected chi connectivity index (χ4v) is 6.26. The van der Waals surface area contributed by atoms with Crippen LogP contribution in [0.1, 0.15) is 0 Å². The molecule has 0 spiro atoms. The van der Waals surface area contributed by atoms with Gasteiger partial charge in [-0.05, 0) is 45.8 Å². The summed E-state index contributed by atoms with van der Waals surface area (Å²) in [7, 11) is 0. The zero-order valence-corrected chi connectivity index (χ0v) is 33.2. The van der Waals surface area contributed by atoms with E-state index in [2.05, 4.69) is 0 Å². The summed E-state index contributed by atoms with van der Waals surface area (Å²) >= 11 is 0. The lowest BCUT2D eigenvalue weighted by Crippen LogP contribution is -1.94. The van der Waals surface area contributed by atoms with Gasteiger partial charge in [-0.1, -0.05) is 84.9 Å². The second-order valence-electron chi connectivity index (χ2n) is 13.5. The maximum atomic E-state index is 12.1. The molecule has 0 aliphatic rings. The molecule has 0 aliphatic carbocycles. The number of hydrogen-bond donors (Lipinski definition) is 0. The second kappa shape index (κ2) is 18.9. The fraction of sp³-hybridized carbons (Fsp3) is 0. The summed E-state index contributed by atoms with van der Waals surface area (Å²) < 4.78 is 24.0. The first kappa shape index (κ1) is 44.0. The average Bonchev–Trinajstić information content (AvgIpc) is 3.29. The third-order valence-electron chi connectivity index (χ3n) is 9.31. The molecule has 4 bridgehead atoms. The van der Waals surface area contributed by atoms with Crippen molar-refractivity contribution in [3.8, 4) is 0 Å². The normalized spacial score (nSPS) is 10.5. The molecule has 0 aliphatic heterocycles. The monoisotopic (exact) mass is 894 g/mol. The molecule has 0 fully saturated rings. The Hall–Kier alpha value is -10.1. The first-order chi connectivity index (χ1) is 31.7. The molecule has 0 unspecified atom stereocenters. The standard InChI is InChI=1S/C32H16N4O12.2C6H5NO2/c37-33(38)21-13-23(35(41)42)27-15-25(21)45-29-9-17-5-1-2-6-18(17)10-30(29)46-26-16-28(24(36(43)44)14-22(26)34(39)40)48-32-12-20-8-4-3-7-19(20)11-31(32)47-27;2*8-7(9)6-4-2-1-3-5-6/h1-16H;2*1-5H. The highest BCUT2D eigenvalue weighted by molar-refractivity contribution is 5.96. The summed E-state index contributed by atoms with van der Waals surface area (Å²) in [4.78, 5) is 64.2. The van der Waals surface area contributed by atoms with E-state index < -0.39 is 74.6 Å². The maximum absolute atomic E-state index is 12.1. The maximum Gasteiger partial charge on any atom is 0.318 e. The number of rotatable bonds is 6. The van der Waals surface area contributed by atoms with Crippen LogP contribution in [0.25, 0.3) is 66.2 Å². The van der Waals surface area contributed by atoms with Crippen molar-refractivity contribution in [3.05, 3.63) is 218 Å². The molecular weight excluding hydrogens is 869 g/mol. The fourth-order valence-electron chi connectivity index (χ4n) is 6.26. The summed E-state index contributed by atoms with van der Waals surface area (Å²) in [6, 6.07) is 38.5. The van der Waals surface area contributed by atoms with Crippen LogP contribution in [0.3, 0.4) is 0 Å². The molecular formula is C44H26N6O16. The van der Waals surface area contributed by atoms with Crippen molar-refractivity contribution in [2.45, 2.75) is 0 Å². The summed E-state index contributed by atoms with van der Waals surface area (Å²) in [6.07, 6.45) is 0. The van der Waals surface area contributed by atoms with Crippen LogP contribution in [0.4, 0.5) is 34.1 Å². The predicted octanol–water partition coefficient (Wildman–Crippen LogP) is 12.6. The number of nitro groups is 6. The Morgan fingerprint density at radius 2 is 0.485 bits per heavy atom. The average molecular weight is 895 g/mol. The quantitative estimate of drug-likeness (QED) is 0.111. The Kier molecular flexibility index (Phi) is 12.6. The summed E-state index contributed by atoms with van der Waals surface area (Å²) in [5.74, 6) is 0. The zero-order valence-electron chi connectivity index (χ0n) is 33.2. The number of benzene rings is 8. The number of non-ortho nitro benzene ring substituents is 6. The van der Waals surface area contributed by atoms with Gasteiger partial charge >= 0.3 is 22.7 Å². The van der Waals surface area contributed by atoms with Gasteiger partial charge in [0.25, 0.3) is 11.4 Å². The van der Waals surface area contributed by atoms with Gasteiger partial charge in [-0.3, -0.25) is 60.7 Å². The molecule has 66 heavy (non-hydrogen) atoms. The minimum absolute atomic E-state index is 0.137. The van der Waals surface area contributed by atoms with Crippen LogP contribution in [-0.2, 0) is 0 Å². The van der Waals surface area contributed by atoms with Crippen LogP contribution in [0, 0.1) is 60.7 Å². The van der Waals surface area contributed by atoms with Crippen LogP contribution in [0.15, 0.2) is 175 Å². The van der Waals surface area contributed by atoms with Gasteiger partial charge in [0.1, 0.15) is 12.1 Å². The minimum Gasteiger partial charge on any atom is -0.446 e. The van der Waals surface area contributed by atoms with E-state index in [4.69, 9.17) is 17.7 Å². The van der Waals surface area contributed by atoms with Crippen LogP contribution >= 0.6 is 0 Å². The van der Waals surface area contributed by atoms with E-state index in [0.29, 0.717) is 33.7 Å². The topological polar surface area (TPSA) is 311 Å². The molecule has 0 saturated carbocycles. The zero-order chi connectivity index (χ0) is 47.1. The number of nitro benzene ring substituents is 6. The Morgan fingerprint density at radius 1 is 0.258 bits per heavy atom. The Balaban J connectivity index is 0.000000298.